The maximum absolute atomic E-state index is 6.11. The first-order valence-electron chi connectivity index (χ1n) is 7.47. The first-order valence-corrected chi connectivity index (χ1v) is 7.47. The van der Waals surface area contributed by atoms with Crippen LogP contribution in [0.3, 0.4) is 0 Å². The van der Waals surface area contributed by atoms with Crippen LogP contribution < -0.4 is 5.73 Å². The molecule has 5 heteroatoms. The molecule has 0 unspecified atom stereocenters. The van der Waals surface area contributed by atoms with Crippen molar-refractivity contribution in [2.75, 3.05) is 19.8 Å². The minimum atomic E-state index is -0.0257. The van der Waals surface area contributed by atoms with Crippen LogP contribution in [-0.2, 0) is 10.2 Å². The SMILES string of the molecule is Cc1nnc(C2(CN)CCOCC2)n1C1CCCC1. The number of rotatable bonds is 3. The van der Waals surface area contributed by atoms with Crippen LogP contribution in [-0.4, -0.2) is 34.5 Å². The van der Waals surface area contributed by atoms with Crippen LogP contribution in [0, 0.1) is 6.92 Å². The summed E-state index contributed by atoms with van der Waals surface area (Å²) in [6, 6.07) is 0.580. The highest BCUT2D eigenvalue weighted by atomic mass is 16.5. The largest absolute Gasteiger partial charge is 0.381 e. The van der Waals surface area contributed by atoms with Crippen molar-refractivity contribution in [1.82, 2.24) is 14.8 Å². The molecule has 2 aliphatic rings. The van der Waals surface area contributed by atoms with E-state index in [9.17, 15) is 0 Å². The van der Waals surface area contributed by atoms with Gasteiger partial charge in [0.25, 0.3) is 0 Å². The molecule has 1 aliphatic heterocycles. The Kier molecular flexibility index (Phi) is 3.58. The summed E-state index contributed by atoms with van der Waals surface area (Å²) in [5.74, 6) is 2.16. The lowest BCUT2D eigenvalue weighted by Crippen LogP contribution is -2.43. The third-order valence-electron chi connectivity index (χ3n) is 4.87. The van der Waals surface area contributed by atoms with Crippen molar-refractivity contribution >= 4 is 0 Å². The zero-order chi connectivity index (χ0) is 13.3. The molecule has 106 valence electrons. The topological polar surface area (TPSA) is 66.0 Å². The molecule has 5 nitrogen and oxygen atoms in total. The molecule has 0 radical (unpaired) electrons. The smallest absolute Gasteiger partial charge is 0.140 e. The Morgan fingerprint density at radius 1 is 1.26 bits per heavy atom. The predicted octanol–water partition coefficient (Wildman–Crippen LogP) is 1.71. The molecule has 1 saturated heterocycles. The van der Waals surface area contributed by atoms with Gasteiger partial charge < -0.3 is 15.0 Å². The molecule has 0 atom stereocenters. The van der Waals surface area contributed by atoms with E-state index < -0.39 is 0 Å². The van der Waals surface area contributed by atoms with Gasteiger partial charge in [0.2, 0.25) is 0 Å². The van der Waals surface area contributed by atoms with E-state index in [4.69, 9.17) is 10.5 Å². The second kappa shape index (κ2) is 5.21. The number of aryl methyl sites for hydroxylation is 1. The molecule has 1 aliphatic carbocycles. The van der Waals surface area contributed by atoms with Crippen LogP contribution in [0.1, 0.15) is 56.2 Å². The van der Waals surface area contributed by atoms with Gasteiger partial charge in [0.15, 0.2) is 0 Å². The highest BCUT2D eigenvalue weighted by Crippen LogP contribution is 2.38. The highest BCUT2D eigenvalue weighted by molar-refractivity contribution is 5.14. The van der Waals surface area contributed by atoms with E-state index in [1.165, 1.54) is 25.7 Å². The van der Waals surface area contributed by atoms with Crippen molar-refractivity contribution in [3.63, 3.8) is 0 Å². The van der Waals surface area contributed by atoms with Crippen LogP contribution in [0.25, 0.3) is 0 Å². The van der Waals surface area contributed by atoms with E-state index >= 15 is 0 Å². The molecule has 1 saturated carbocycles. The Labute approximate surface area is 114 Å². The third kappa shape index (κ3) is 2.19. The van der Waals surface area contributed by atoms with Gasteiger partial charge in [-0.2, -0.15) is 0 Å². The Morgan fingerprint density at radius 3 is 2.58 bits per heavy atom. The summed E-state index contributed by atoms with van der Waals surface area (Å²) in [7, 11) is 0. The normalized spacial score (nSPS) is 23.9. The fourth-order valence-corrected chi connectivity index (χ4v) is 3.61. The Morgan fingerprint density at radius 2 is 1.95 bits per heavy atom. The lowest BCUT2D eigenvalue weighted by Gasteiger charge is -2.36. The highest BCUT2D eigenvalue weighted by Gasteiger charge is 2.39. The fourth-order valence-electron chi connectivity index (χ4n) is 3.61. The molecule has 0 aromatic carbocycles. The number of nitrogens with zero attached hydrogens (tertiary/aromatic N) is 3. The van der Waals surface area contributed by atoms with E-state index in [0.29, 0.717) is 12.6 Å². The van der Waals surface area contributed by atoms with E-state index in [2.05, 4.69) is 21.7 Å². The summed E-state index contributed by atoms with van der Waals surface area (Å²) in [6.45, 7) is 4.28. The summed E-state index contributed by atoms with van der Waals surface area (Å²) in [6.07, 6.45) is 7.08. The second-order valence-corrected chi connectivity index (χ2v) is 5.98. The summed E-state index contributed by atoms with van der Waals surface area (Å²) >= 11 is 0. The Hall–Kier alpha value is -0.940. The van der Waals surface area contributed by atoms with Crippen LogP contribution in [0.2, 0.25) is 0 Å². The zero-order valence-corrected chi connectivity index (χ0v) is 11.8. The zero-order valence-electron chi connectivity index (χ0n) is 11.8. The first-order chi connectivity index (χ1) is 9.27. The summed E-state index contributed by atoms with van der Waals surface area (Å²) in [4.78, 5) is 0. The maximum atomic E-state index is 6.11. The standard InChI is InChI=1S/C14H24N4O/c1-11-16-17-13(18(11)12-4-2-3-5-12)14(10-15)6-8-19-9-7-14/h12H,2-10,15H2,1H3. The molecule has 2 N–H and O–H groups in total. The Bertz CT molecular complexity index is 431. The number of nitrogens with two attached hydrogens (primary N) is 1. The van der Waals surface area contributed by atoms with E-state index in [-0.39, 0.29) is 5.41 Å². The molecular weight excluding hydrogens is 240 g/mol. The van der Waals surface area contributed by atoms with Gasteiger partial charge in [-0.05, 0) is 32.6 Å². The predicted molar refractivity (Wildman–Crippen MR) is 73.0 cm³/mol. The number of ether oxygens (including phenoxy) is 1. The van der Waals surface area contributed by atoms with Crippen molar-refractivity contribution in [3.05, 3.63) is 11.6 Å². The van der Waals surface area contributed by atoms with Gasteiger partial charge in [-0.25, -0.2) is 0 Å². The van der Waals surface area contributed by atoms with Crippen LogP contribution >= 0.6 is 0 Å². The Balaban J connectivity index is 1.98. The monoisotopic (exact) mass is 264 g/mol. The van der Waals surface area contributed by atoms with Crippen molar-refractivity contribution in [3.8, 4) is 0 Å². The molecule has 1 aromatic rings. The summed E-state index contributed by atoms with van der Waals surface area (Å²) in [5.41, 5.74) is 6.08. The van der Waals surface area contributed by atoms with Gasteiger partial charge in [-0.3, -0.25) is 0 Å². The first kappa shape index (κ1) is 13.1. The van der Waals surface area contributed by atoms with Gasteiger partial charge in [0.1, 0.15) is 11.6 Å². The van der Waals surface area contributed by atoms with Gasteiger partial charge >= 0.3 is 0 Å². The average Bonchev–Trinajstić information content (AvgIpc) is 3.08. The quantitative estimate of drug-likeness (QED) is 0.902. The molecule has 0 amide bonds. The van der Waals surface area contributed by atoms with Crippen LogP contribution in [0.15, 0.2) is 0 Å². The van der Waals surface area contributed by atoms with Crippen LogP contribution in [0.4, 0.5) is 0 Å². The molecule has 19 heavy (non-hydrogen) atoms. The molecule has 0 bridgehead atoms. The van der Waals surface area contributed by atoms with Crippen molar-refractivity contribution in [1.29, 1.82) is 0 Å². The van der Waals surface area contributed by atoms with Gasteiger partial charge in [-0.1, -0.05) is 12.8 Å². The fraction of sp³-hybridized carbons (Fsp3) is 0.857. The van der Waals surface area contributed by atoms with Crippen molar-refractivity contribution < 1.29 is 4.74 Å². The van der Waals surface area contributed by atoms with E-state index in [1.807, 2.05) is 0 Å². The van der Waals surface area contributed by atoms with E-state index in [0.717, 1.165) is 37.7 Å². The third-order valence-corrected chi connectivity index (χ3v) is 4.87. The molecule has 2 heterocycles. The van der Waals surface area contributed by atoms with Crippen LogP contribution in [0.5, 0.6) is 0 Å². The molecule has 1 aromatic heterocycles. The molecular formula is C14H24N4O. The summed E-state index contributed by atoms with van der Waals surface area (Å²) < 4.78 is 7.89. The number of hydrogen-bond donors (Lipinski definition) is 1. The maximum Gasteiger partial charge on any atom is 0.140 e. The average molecular weight is 264 g/mol. The minimum Gasteiger partial charge on any atom is -0.381 e. The molecule has 3 rings (SSSR count). The lowest BCUT2D eigenvalue weighted by atomic mass is 9.79. The van der Waals surface area contributed by atoms with E-state index in [1.54, 1.807) is 0 Å². The second-order valence-electron chi connectivity index (χ2n) is 5.98. The molecule has 2 fully saturated rings. The van der Waals surface area contributed by atoms with Crippen molar-refractivity contribution in [2.45, 2.75) is 56.9 Å². The number of hydrogen-bond acceptors (Lipinski definition) is 4. The lowest BCUT2D eigenvalue weighted by molar-refractivity contribution is 0.0479. The van der Waals surface area contributed by atoms with Gasteiger partial charge in [0.05, 0.1) is 0 Å². The number of aromatic nitrogens is 3. The summed E-state index contributed by atoms with van der Waals surface area (Å²) in [5, 5.41) is 8.85. The van der Waals surface area contributed by atoms with Crippen molar-refractivity contribution in [2.24, 2.45) is 5.73 Å². The molecule has 0 spiro atoms. The minimum absolute atomic E-state index is 0.0257. The van der Waals surface area contributed by atoms with Gasteiger partial charge in [-0.15, -0.1) is 10.2 Å². The van der Waals surface area contributed by atoms with Gasteiger partial charge in [0, 0.05) is 31.2 Å².